The van der Waals surface area contributed by atoms with Crippen molar-refractivity contribution in [1.29, 1.82) is 0 Å². The average molecular weight is 287 g/mol. The Morgan fingerprint density at radius 3 is 2.81 bits per heavy atom. The van der Waals surface area contributed by atoms with Gasteiger partial charge in [0.05, 0.1) is 0 Å². The molecule has 0 saturated carbocycles. The van der Waals surface area contributed by atoms with E-state index in [1.165, 1.54) is 0 Å². The van der Waals surface area contributed by atoms with Crippen molar-refractivity contribution in [3.05, 3.63) is 22.8 Å². The van der Waals surface area contributed by atoms with E-state index in [0.717, 1.165) is 4.47 Å². The molecule has 0 saturated heterocycles. The van der Waals surface area contributed by atoms with E-state index in [1.807, 2.05) is 13.8 Å². The highest BCUT2D eigenvalue weighted by Crippen LogP contribution is 2.15. The third kappa shape index (κ3) is 4.18. The van der Waals surface area contributed by atoms with Crippen LogP contribution in [0.4, 0.5) is 5.82 Å². The van der Waals surface area contributed by atoms with E-state index in [1.54, 1.807) is 18.3 Å². The van der Waals surface area contributed by atoms with Crippen LogP contribution >= 0.6 is 15.9 Å². The lowest BCUT2D eigenvalue weighted by atomic mass is 10.0. The van der Waals surface area contributed by atoms with Gasteiger partial charge in [0.15, 0.2) is 0 Å². The second kappa shape index (κ2) is 5.84. The highest BCUT2D eigenvalue weighted by atomic mass is 79.9. The molecule has 88 valence electrons. The molecule has 0 amide bonds. The molecule has 1 atom stereocenters. The second-order valence-corrected chi connectivity index (χ2v) is 4.94. The number of pyridine rings is 1. The summed E-state index contributed by atoms with van der Waals surface area (Å²) in [5.74, 6) is 0.0404. The van der Waals surface area contributed by atoms with Gasteiger partial charge in [-0.05, 0) is 24.5 Å². The summed E-state index contributed by atoms with van der Waals surface area (Å²) in [6.07, 6.45) is 2.20. The first kappa shape index (κ1) is 13.0. The largest absolute Gasteiger partial charge is 0.480 e. The fourth-order valence-corrected chi connectivity index (χ4v) is 1.69. The summed E-state index contributed by atoms with van der Waals surface area (Å²) in [6.45, 7) is 3.98. The summed E-state index contributed by atoms with van der Waals surface area (Å²) in [7, 11) is 0. The fraction of sp³-hybridized carbons (Fsp3) is 0.455. The number of hydrogen-bond donors (Lipinski definition) is 2. The first-order valence-corrected chi connectivity index (χ1v) is 5.89. The van der Waals surface area contributed by atoms with Crippen LogP contribution in [0.1, 0.15) is 20.3 Å². The summed E-state index contributed by atoms with van der Waals surface area (Å²) >= 11 is 3.31. The lowest BCUT2D eigenvalue weighted by molar-refractivity contribution is -0.138. The Bertz CT molecular complexity index is 369. The molecule has 0 fully saturated rings. The van der Waals surface area contributed by atoms with Crippen LogP contribution in [0.3, 0.4) is 0 Å². The molecule has 0 aliphatic heterocycles. The Morgan fingerprint density at radius 1 is 1.62 bits per heavy atom. The molecular formula is C11H15BrN2O2. The third-order valence-corrected chi connectivity index (χ3v) is 2.54. The summed E-state index contributed by atoms with van der Waals surface area (Å²) < 4.78 is 0.874. The minimum absolute atomic E-state index is 0.320. The Hall–Kier alpha value is -1.10. The molecule has 0 radical (unpaired) electrons. The molecule has 5 heteroatoms. The number of rotatable bonds is 5. The van der Waals surface area contributed by atoms with Gasteiger partial charge >= 0.3 is 5.97 Å². The van der Waals surface area contributed by atoms with Crippen molar-refractivity contribution in [3.8, 4) is 0 Å². The zero-order valence-electron chi connectivity index (χ0n) is 9.27. The number of aliphatic carboxylic acids is 1. The number of carbonyl (C=O) groups is 1. The van der Waals surface area contributed by atoms with Crippen LogP contribution in [0, 0.1) is 5.92 Å². The third-order valence-electron chi connectivity index (χ3n) is 2.05. The normalized spacial score (nSPS) is 12.5. The van der Waals surface area contributed by atoms with E-state index in [-0.39, 0.29) is 0 Å². The predicted molar refractivity (Wildman–Crippen MR) is 66.4 cm³/mol. The van der Waals surface area contributed by atoms with Crippen LogP contribution in [-0.4, -0.2) is 22.1 Å². The molecule has 1 rings (SSSR count). The highest BCUT2D eigenvalue weighted by Gasteiger charge is 2.18. The first-order valence-electron chi connectivity index (χ1n) is 5.10. The molecule has 0 aromatic carbocycles. The van der Waals surface area contributed by atoms with Crippen LogP contribution in [-0.2, 0) is 4.79 Å². The van der Waals surface area contributed by atoms with Crippen molar-refractivity contribution in [1.82, 2.24) is 4.98 Å². The number of carboxylic acid groups (broad SMARTS) is 1. The highest BCUT2D eigenvalue weighted by molar-refractivity contribution is 9.10. The molecule has 2 N–H and O–H groups in total. The molecule has 1 aromatic heterocycles. The van der Waals surface area contributed by atoms with E-state index in [4.69, 9.17) is 5.11 Å². The molecule has 0 bridgehead atoms. The van der Waals surface area contributed by atoms with Crippen LogP contribution in [0.15, 0.2) is 22.8 Å². The molecular weight excluding hydrogens is 272 g/mol. The molecule has 0 spiro atoms. The predicted octanol–water partition coefficient (Wildman–Crippen LogP) is 2.76. The summed E-state index contributed by atoms with van der Waals surface area (Å²) in [5.41, 5.74) is 0. The van der Waals surface area contributed by atoms with Gasteiger partial charge in [0.1, 0.15) is 11.9 Å². The Balaban J connectivity index is 2.71. The number of nitrogens with one attached hydrogen (secondary N) is 1. The van der Waals surface area contributed by atoms with Gasteiger partial charge in [-0.15, -0.1) is 0 Å². The number of hydrogen-bond acceptors (Lipinski definition) is 3. The second-order valence-electron chi connectivity index (χ2n) is 4.02. The van der Waals surface area contributed by atoms with Crippen LogP contribution < -0.4 is 5.32 Å². The molecule has 1 heterocycles. The topological polar surface area (TPSA) is 62.2 Å². The van der Waals surface area contributed by atoms with Gasteiger partial charge in [-0.3, -0.25) is 0 Å². The molecule has 1 unspecified atom stereocenters. The lowest BCUT2D eigenvalue weighted by Gasteiger charge is -2.16. The maximum Gasteiger partial charge on any atom is 0.326 e. The number of halogens is 1. The molecule has 0 aliphatic rings. The standard InChI is InChI=1S/C11H15BrN2O2/c1-7(2)5-9(11(15)16)14-10-6-8(12)3-4-13-10/h3-4,6-7,9H,5H2,1-2H3,(H,13,14)(H,15,16). The van der Waals surface area contributed by atoms with Crippen LogP contribution in [0.5, 0.6) is 0 Å². The van der Waals surface area contributed by atoms with Crippen molar-refractivity contribution in [2.45, 2.75) is 26.3 Å². The SMILES string of the molecule is CC(C)CC(Nc1cc(Br)ccn1)C(=O)O. The van der Waals surface area contributed by atoms with Gasteiger partial charge in [0, 0.05) is 10.7 Å². The van der Waals surface area contributed by atoms with E-state index >= 15 is 0 Å². The molecule has 4 nitrogen and oxygen atoms in total. The van der Waals surface area contributed by atoms with Gasteiger partial charge in [-0.2, -0.15) is 0 Å². The smallest absolute Gasteiger partial charge is 0.326 e. The van der Waals surface area contributed by atoms with E-state index in [9.17, 15) is 4.79 Å². The molecule has 1 aromatic rings. The van der Waals surface area contributed by atoms with Gasteiger partial charge < -0.3 is 10.4 Å². The van der Waals surface area contributed by atoms with E-state index in [2.05, 4.69) is 26.2 Å². The quantitative estimate of drug-likeness (QED) is 0.874. The summed E-state index contributed by atoms with van der Waals surface area (Å²) in [6, 6.07) is 2.96. The zero-order valence-corrected chi connectivity index (χ0v) is 10.9. The van der Waals surface area contributed by atoms with Crippen molar-refractivity contribution >= 4 is 27.7 Å². The maximum atomic E-state index is 11.0. The number of carboxylic acids is 1. The van der Waals surface area contributed by atoms with E-state index in [0.29, 0.717) is 18.2 Å². The Morgan fingerprint density at radius 2 is 2.31 bits per heavy atom. The summed E-state index contributed by atoms with van der Waals surface area (Å²) in [5, 5.41) is 12.0. The lowest BCUT2D eigenvalue weighted by Crippen LogP contribution is -2.31. The Kier molecular flexibility index (Phi) is 4.73. The first-order chi connectivity index (χ1) is 7.49. The van der Waals surface area contributed by atoms with Gasteiger partial charge in [0.25, 0.3) is 0 Å². The summed E-state index contributed by atoms with van der Waals surface area (Å²) in [4.78, 5) is 15.1. The van der Waals surface area contributed by atoms with Crippen molar-refractivity contribution in [2.75, 3.05) is 5.32 Å². The van der Waals surface area contributed by atoms with Gasteiger partial charge in [-0.1, -0.05) is 29.8 Å². The van der Waals surface area contributed by atoms with Crippen LogP contribution in [0.2, 0.25) is 0 Å². The monoisotopic (exact) mass is 286 g/mol. The molecule has 0 aliphatic carbocycles. The van der Waals surface area contributed by atoms with Crippen molar-refractivity contribution in [2.24, 2.45) is 5.92 Å². The van der Waals surface area contributed by atoms with Gasteiger partial charge in [0.2, 0.25) is 0 Å². The number of anilines is 1. The molecule has 16 heavy (non-hydrogen) atoms. The van der Waals surface area contributed by atoms with Crippen molar-refractivity contribution in [3.63, 3.8) is 0 Å². The Labute approximate surface area is 103 Å². The average Bonchev–Trinajstić information content (AvgIpc) is 2.15. The van der Waals surface area contributed by atoms with Crippen LogP contribution in [0.25, 0.3) is 0 Å². The minimum atomic E-state index is -0.851. The zero-order chi connectivity index (χ0) is 12.1. The number of nitrogens with zero attached hydrogens (tertiary/aromatic N) is 1. The number of aromatic nitrogens is 1. The minimum Gasteiger partial charge on any atom is -0.480 e. The fourth-order valence-electron chi connectivity index (χ4n) is 1.36. The van der Waals surface area contributed by atoms with Crippen molar-refractivity contribution < 1.29 is 9.90 Å². The van der Waals surface area contributed by atoms with E-state index < -0.39 is 12.0 Å². The van der Waals surface area contributed by atoms with Gasteiger partial charge in [-0.25, -0.2) is 9.78 Å². The maximum absolute atomic E-state index is 11.0.